The number of hydrogen-bond acceptors (Lipinski definition) is 6. The largest absolute Gasteiger partial charge is 0.416 e. The number of rotatable bonds is 10. The molecule has 0 spiro atoms. The summed E-state index contributed by atoms with van der Waals surface area (Å²) in [6.07, 6.45) is -7.97. The van der Waals surface area contributed by atoms with Crippen LogP contribution in [-0.2, 0) is 32.3 Å². The number of aliphatic hydroxyl groups excluding tert-OH is 1. The molecule has 268 valence electrons. The Morgan fingerprint density at radius 2 is 1.45 bits per heavy atom. The van der Waals surface area contributed by atoms with Crippen LogP contribution in [0.25, 0.3) is 0 Å². The summed E-state index contributed by atoms with van der Waals surface area (Å²) < 4.78 is 74.1. The van der Waals surface area contributed by atoms with Crippen LogP contribution in [0.1, 0.15) is 83.2 Å². The van der Waals surface area contributed by atoms with Crippen molar-refractivity contribution in [2.75, 3.05) is 27.7 Å². The number of carbonyl (C=O) groups is 2. The molecule has 2 amide bonds. The SMILES string of the molecule is CC(O)c1cc(C(F)(F)F)cc(C(F)(F)F)c1.CCC(C)N(C)/C=N\NC=O.CCNC(C)(C)c1ccccc1.CON(C)C(C)=O. The number of nitrogens with zero attached hydrogens (tertiary/aromatic N) is 3. The molecule has 0 heterocycles. The number of nitrogens with one attached hydrogen (secondary N) is 2. The van der Waals surface area contributed by atoms with Crippen molar-refractivity contribution >= 4 is 18.7 Å². The van der Waals surface area contributed by atoms with Gasteiger partial charge in [0, 0.05) is 32.6 Å². The number of halogens is 6. The van der Waals surface area contributed by atoms with E-state index in [0.717, 1.165) is 25.0 Å². The second-order valence-electron chi connectivity index (χ2n) is 10.6. The van der Waals surface area contributed by atoms with E-state index in [1.165, 1.54) is 19.6 Å². The maximum atomic E-state index is 12.4. The van der Waals surface area contributed by atoms with Gasteiger partial charge >= 0.3 is 12.4 Å². The number of hydroxylamine groups is 2. The minimum absolute atomic E-state index is 0.0197. The minimum atomic E-state index is -4.88. The first kappa shape index (κ1) is 45.4. The summed E-state index contributed by atoms with van der Waals surface area (Å²) in [6, 6.07) is 12.0. The van der Waals surface area contributed by atoms with Gasteiger partial charge in [0.2, 0.25) is 12.3 Å². The van der Waals surface area contributed by atoms with Gasteiger partial charge in [-0.25, -0.2) is 10.5 Å². The summed E-state index contributed by atoms with van der Waals surface area (Å²) >= 11 is 0. The molecule has 2 rings (SSSR count). The molecule has 9 nitrogen and oxygen atoms in total. The summed E-state index contributed by atoms with van der Waals surface area (Å²) in [7, 11) is 4.92. The van der Waals surface area contributed by atoms with Crippen molar-refractivity contribution in [1.29, 1.82) is 0 Å². The molecule has 0 radical (unpaired) electrons. The molecule has 15 heteroatoms. The zero-order chi connectivity index (χ0) is 37.0. The summed E-state index contributed by atoms with van der Waals surface area (Å²) in [5.74, 6) is -0.0949. The standard InChI is InChI=1S/C11H17N.C10H8F6O.C7H15N3O.C4H9NO2/c1-4-12-11(2,3)10-8-6-5-7-9-10;1-5(17)6-2-7(9(11,12)13)4-8(3-6)10(14,15)16;1-4-7(2)10(3)5-8-9-6-11;1-4(6)5(2)7-3/h5-9,12H,4H2,1-3H3;2-5,17H,1H3;5-7H,4H2,1-3H3,(H,9,11);1-3H3/b;;8-5-;. The Labute approximate surface area is 273 Å². The fourth-order valence-electron chi connectivity index (χ4n) is 3.30. The molecule has 2 atom stereocenters. The molecular formula is C32H49F6N5O4. The highest BCUT2D eigenvalue weighted by Crippen LogP contribution is 2.37. The van der Waals surface area contributed by atoms with E-state index in [9.17, 15) is 35.9 Å². The monoisotopic (exact) mass is 681 g/mol. The zero-order valence-electron chi connectivity index (χ0n) is 28.6. The lowest BCUT2D eigenvalue weighted by molar-refractivity contribution is -0.165. The van der Waals surface area contributed by atoms with E-state index in [1.807, 2.05) is 18.0 Å². The first-order valence-electron chi connectivity index (χ1n) is 14.6. The van der Waals surface area contributed by atoms with Crippen LogP contribution in [0.5, 0.6) is 0 Å². The second-order valence-corrected chi connectivity index (χ2v) is 10.6. The number of aliphatic hydroxyl groups is 1. The Hall–Kier alpha value is -3.69. The topological polar surface area (TPSA) is 106 Å². The predicted octanol–water partition coefficient (Wildman–Crippen LogP) is 6.74. The first-order chi connectivity index (χ1) is 21.6. The first-order valence-corrected chi connectivity index (χ1v) is 14.6. The van der Waals surface area contributed by atoms with Crippen LogP contribution in [0, 0.1) is 0 Å². The maximum absolute atomic E-state index is 12.4. The lowest BCUT2D eigenvalue weighted by atomic mass is 9.94. The molecule has 0 bridgehead atoms. The van der Waals surface area contributed by atoms with E-state index in [4.69, 9.17) is 5.11 Å². The van der Waals surface area contributed by atoms with Gasteiger partial charge in [0.1, 0.15) is 6.34 Å². The van der Waals surface area contributed by atoms with Gasteiger partial charge in [-0.15, -0.1) is 0 Å². The van der Waals surface area contributed by atoms with Crippen molar-refractivity contribution < 1.29 is 45.9 Å². The van der Waals surface area contributed by atoms with Crippen molar-refractivity contribution in [3.05, 3.63) is 70.8 Å². The van der Waals surface area contributed by atoms with Crippen molar-refractivity contribution in [3.63, 3.8) is 0 Å². The average molecular weight is 682 g/mol. The van der Waals surface area contributed by atoms with Crippen LogP contribution in [0.2, 0.25) is 0 Å². The van der Waals surface area contributed by atoms with Crippen LogP contribution < -0.4 is 10.7 Å². The van der Waals surface area contributed by atoms with Crippen molar-refractivity contribution in [3.8, 4) is 0 Å². The molecule has 0 saturated carbocycles. The average Bonchev–Trinajstić information content (AvgIpc) is 3.00. The molecule has 0 aliphatic rings. The molecule has 0 aliphatic carbocycles. The molecule has 3 N–H and O–H groups in total. The quantitative estimate of drug-likeness (QED) is 0.0844. The molecule has 2 aromatic rings. The van der Waals surface area contributed by atoms with E-state index in [-0.39, 0.29) is 17.5 Å². The fourth-order valence-corrected chi connectivity index (χ4v) is 3.30. The van der Waals surface area contributed by atoms with Crippen LogP contribution in [0.4, 0.5) is 26.3 Å². The Kier molecular flexibility index (Phi) is 21.2. The highest BCUT2D eigenvalue weighted by molar-refractivity contribution is 5.71. The normalized spacial score (nSPS) is 12.6. The van der Waals surface area contributed by atoms with Gasteiger partial charge < -0.3 is 15.3 Å². The van der Waals surface area contributed by atoms with Crippen LogP contribution in [0.3, 0.4) is 0 Å². The Balaban J connectivity index is 0. The van der Waals surface area contributed by atoms with E-state index in [0.29, 0.717) is 24.6 Å². The van der Waals surface area contributed by atoms with Gasteiger partial charge in [-0.1, -0.05) is 44.2 Å². The van der Waals surface area contributed by atoms with E-state index in [2.05, 4.69) is 79.6 Å². The van der Waals surface area contributed by atoms with E-state index in [1.54, 1.807) is 13.4 Å². The third-order valence-electron chi connectivity index (χ3n) is 6.58. The second kappa shape index (κ2) is 22.0. The number of carbonyl (C=O) groups excluding carboxylic acids is 2. The third kappa shape index (κ3) is 19.5. The molecular weight excluding hydrogens is 632 g/mol. The van der Waals surface area contributed by atoms with Crippen molar-refractivity contribution in [1.82, 2.24) is 20.7 Å². The molecule has 0 aliphatic heterocycles. The summed E-state index contributed by atoms with van der Waals surface area (Å²) in [6.45, 7) is 14.2. The summed E-state index contributed by atoms with van der Waals surface area (Å²) in [5, 5.41) is 17.3. The van der Waals surface area contributed by atoms with E-state index >= 15 is 0 Å². The number of hydrazone groups is 1. The number of alkyl halides is 6. The van der Waals surface area contributed by atoms with Crippen molar-refractivity contribution in [2.24, 2.45) is 5.10 Å². The van der Waals surface area contributed by atoms with Gasteiger partial charge in [0.05, 0.1) is 24.3 Å². The van der Waals surface area contributed by atoms with Crippen molar-refractivity contribution in [2.45, 2.75) is 84.9 Å². The molecule has 0 saturated heterocycles. The third-order valence-corrected chi connectivity index (χ3v) is 6.58. The highest BCUT2D eigenvalue weighted by atomic mass is 19.4. The lowest BCUT2D eigenvalue weighted by Gasteiger charge is -2.26. The summed E-state index contributed by atoms with van der Waals surface area (Å²) in [5.41, 5.74) is 0.359. The van der Waals surface area contributed by atoms with Gasteiger partial charge in [0.15, 0.2) is 0 Å². The summed E-state index contributed by atoms with van der Waals surface area (Å²) in [4.78, 5) is 26.4. The smallest absolute Gasteiger partial charge is 0.389 e. The zero-order valence-corrected chi connectivity index (χ0v) is 28.6. The minimum Gasteiger partial charge on any atom is -0.389 e. The van der Waals surface area contributed by atoms with Gasteiger partial charge in [0.25, 0.3) is 0 Å². The van der Waals surface area contributed by atoms with E-state index < -0.39 is 35.1 Å². The van der Waals surface area contributed by atoms with Gasteiger partial charge in [-0.2, -0.15) is 31.4 Å². The Morgan fingerprint density at radius 3 is 1.77 bits per heavy atom. The number of benzene rings is 2. The molecule has 0 aromatic heterocycles. The Bertz CT molecular complexity index is 1160. The maximum Gasteiger partial charge on any atom is 0.416 e. The number of amides is 2. The Morgan fingerprint density at radius 1 is 0.957 bits per heavy atom. The molecule has 2 aromatic carbocycles. The number of hydrogen-bond donors (Lipinski definition) is 3. The highest BCUT2D eigenvalue weighted by Gasteiger charge is 2.37. The molecule has 2 unspecified atom stereocenters. The fraction of sp³-hybridized carbons (Fsp3) is 0.531. The van der Waals surface area contributed by atoms with Crippen LogP contribution in [-0.4, -0.2) is 67.5 Å². The lowest BCUT2D eigenvalue weighted by Crippen LogP contribution is -2.36. The molecule has 0 fully saturated rings. The van der Waals surface area contributed by atoms with Gasteiger partial charge in [-0.05, 0) is 70.0 Å². The van der Waals surface area contributed by atoms with Crippen LogP contribution in [0.15, 0.2) is 53.6 Å². The molecule has 47 heavy (non-hydrogen) atoms. The predicted molar refractivity (Wildman–Crippen MR) is 171 cm³/mol. The van der Waals surface area contributed by atoms with Crippen LogP contribution >= 0.6 is 0 Å². The van der Waals surface area contributed by atoms with Gasteiger partial charge in [-0.3, -0.25) is 14.4 Å².